The Morgan fingerprint density at radius 3 is 2.74 bits per heavy atom. The molecule has 0 radical (unpaired) electrons. The lowest BCUT2D eigenvalue weighted by Crippen LogP contribution is -2.14. The lowest BCUT2D eigenvalue weighted by atomic mass is 10.1. The lowest BCUT2D eigenvalue weighted by Gasteiger charge is -2.08. The molecule has 0 fully saturated rings. The van der Waals surface area contributed by atoms with Crippen molar-refractivity contribution in [3.63, 3.8) is 0 Å². The van der Waals surface area contributed by atoms with E-state index in [-0.39, 0.29) is 23.8 Å². The molecular formula is C24H19F3N6O3S2. The number of anilines is 1. The minimum absolute atomic E-state index is 0.0211. The molecule has 0 aliphatic heterocycles. The number of nitro groups is 1. The summed E-state index contributed by atoms with van der Waals surface area (Å²) >= 11 is 2.29. The van der Waals surface area contributed by atoms with E-state index >= 15 is 0 Å². The number of nitrogens with one attached hydrogen (secondary N) is 1. The molecule has 38 heavy (non-hydrogen) atoms. The highest BCUT2D eigenvalue weighted by Crippen LogP contribution is 2.31. The molecule has 0 atom stereocenters. The molecule has 0 aliphatic rings. The fourth-order valence-corrected chi connectivity index (χ4v) is 5.06. The first-order valence-electron chi connectivity index (χ1n) is 11.0. The molecule has 2 aromatic carbocycles. The topological polar surface area (TPSA) is 116 Å². The monoisotopic (exact) mass is 560 g/mol. The van der Waals surface area contributed by atoms with Crippen LogP contribution in [0.4, 0.5) is 24.0 Å². The van der Waals surface area contributed by atoms with Crippen LogP contribution in [0.2, 0.25) is 0 Å². The molecule has 0 bridgehead atoms. The van der Waals surface area contributed by atoms with Crippen LogP contribution in [0, 0.1) is 10.1 Å². The second-order valence-electron chi connectivity index (χ2n) is 7.86. The number of thioether (sulfide) groups is 1. The SMILES string of the molecule is C=CCn1c(SCC(=O)Nc2ncc(Cc3cccc(C(F)(F)F)c3)s2)nnc1-c1cccc([N+](=O)[O-])c1. The Kier molecular flexibility index (Phi) is 8.22. The Hall–Kier alpha value is -4.04. The number of nitrogens with zero attached hydrogens (tertiary/aromatic N) is 5. The molecule has 2 heterocycles. The van der Waals surface area contributed by atoms with Gasteiger partial charge in [0.1, 0.15) is 0 Å². The van der Waals surface area contributed by atoms with Gasteiger partial charge in [0.25, 0.3) is 5.69 Å². The smallest absolute Gasteiger partial charge is 0.301 e. The second-order valence-corrected chi connectivity index (χ2v) is 9.91. The number of thiazole rings is 1. The first kappa shape index (κ1) is 27.0. The molecule has 0 unspecified atom stereocenters. The summed E-state index contributed by atoms with van der Waals surface area (Å²) in [5, 5.41) is 22.8. The third-order valence-electron chi connectivity index (χ3n) is 5.11. The summed E-state index contributed by atoms with van der Waals surface area (Å²) in [5.74, 6) is 0.0166. The van der Waals surface area contributed by atoms with Crippen molar-refractivity contribution in [1.29, 1.82) is 0 Å². The summed E-state index contributed by atoms with van der Waals surface area (Å²) in [7, 11) is 0. The van der Waals surface area contributed by atoms with Crippen molar-refractivity contribution in [3.8, 4) is 11.4 Å². The molecule has 4 aromatic rings. The third-order valence-corrected chi connectivity index (χ3v) is 6.99. The van der Waals surface area contributed by atoms with Gasteiger partial charge in [-0.3, -0.25) is 19.5 Å². The van der Waals surface area contributed by atoms with Crippen molar-refractivity contribution in [2.45, 2.75) is 24.3 Å². The molecule has 0 aliphatic carbocycles. The van der Waals surface area contributed by atoms with Gasteiger partial charge < -0.3 is 5.32 Å². The molecule has 0 saturated carbocycles. The Morgan fingerprint density at radius 2 is 2.00 bits per heavy atom. The van der Waals surface area contributed by atoms with E-state index in [0.29, 0.717) is 38.7 Å². The van der Waals surface area contributed by atoms with Crippen LogP contribution in [-0.4, -0.2) is 36.3 Å². The number of amides is 1. The maximum atomic E-state index is 13.0. The van der Waals surface area contributed by atoms with Gasteiger partial charge in [-0.2, -0.15) is 13.2 Å². The first-order valence-corrected chi connectivity index (χ1v) is 12.8. The molecule has 0 spiro atoms. The van der Waals surface area contributed by atoms with E-state index in [9.17, 15) is 28.1 Å². The number of carbonyl (C=O) groups excluding carboxylic acids is 1. The number of benzene rings is 2. The summed E-state index contributed by atoms with van der Waals surface area (Å²) in [4.78, 5) is 28.0. The largest absolute Gasteiger partial charge is 0.416 e. The Morgan fingerprint density at radius 1 is 1.21 bits per heavy atom. The molecule has 2 aromatic heterocycles. The number of hydrogen-bond donors (Lipinski definition) is 1. The van der Waals surface area contributed by atoms with Crippen LogP contribution in [-0.2, 0) is 23.9 Å². The Bertz CT molecular complexity index is 1490. The predicted molar refractivity (Wildman–Crippen MR) is 138 cm³/mol. The predicted octanol–water partition coefficient (Wildman–Crippen LogP) is 5.84. The Balaban J connectivity index is 1.39. The number of aromatic nitrogens is 4. The maximum Gasteiger partial charge on any atom is 0.416 e. The molecule has 4 rings (SSSR count). The van der Waals surface area contributed by atoms with E-state index < -0.39 is 16.7 Å². The molecule has 196 valence electrons. The van der Waals surface area contributed by atoms with Crippen LogP contribution in [0.15, 0.2) is 72.5 Å². The second kappa shape index (κ2) is 11.6. The van der Waals surface area contributed by atoms with E-state index in [1.165, 1.54) is 35.7 Å². The normalized spacial score (nSPS) is 11.3. The van der Waals surface area contributed by atoms with Crippen molar-refractivity contribution < 1.29 is 22.9 Å². The van der Waals surface area contributed by atoms with Gasteiger partial charge in [-0.05, 0) is 11.6 Å². The Labute approximate surface area is 222 Å². The van der Waals surface area contributed by atoms with Gasteiger partial charge >= 0.3 is 6.18 Å². The van der Waals surface area contributed by atoms with Gasteiger partial charge in [-0.15, -0.1) is 28.1 Å². The van der Waals surface area contributed by atoms with Crippen molar-refractivity contribution in [2.75, 3.05) is 11.1 Å². The van der Waals surface area contributed by atoms with Crippen LogP contribution < -0.4 is 5.32 Å². The minimum atomic E-state index is -4.42. The summed E-state index contributed by atoms with van der Waals surface area (Å²) in [5.41, 5.74) is 0.182. The number of nitro benzene ring substituents is 1. The average Bonchev–Trinajstić information content (AvgIpc) is 3.49. The van der Waals surface area contributed by atoms with Crippen LogP contribution >= 0.6 is 23.1 Å². The van der Waals surface area contributed by atoms with E-state index in [2.05, 4.69) is 27.1 Å². The number of non-ortho nitro benzene ring substituents is 1. The highest BCUT2D eigenvalue weighted by molar-refractivity contribution is 7.99. The van der Waals surface area contributed by atoms with Crippen molar-refractivity contribution in [2.24, 2.45) is 0 Å². The van der Waals surface area contributed by atoms with Crippen LogP contribution in [0.5, 0.6) is 0 Å². The van der Waals surface area contributed by atoms with Gasteiger partial charge in [0.2, 0.25) is 5.91 Å². The zero-order valence-corrected chi connectivity index (χ0v) is 21.1. The van der Waals surface area contributed by atoms with Crippen molar-refractivity contribution in [1.82, 2.24) is 19.7 Å². The zero-order valence-electron chi connectivity index (χ0n) is 19.5. The van der Waals surface area contributed by atoms with Crippen LogP contribution in [0.1, 0.15) is 16.0 Å². The van der Waals surface area contributed by atoms with Gasteiger partial charge in [-0.1, -0.05) is 48.2 Å². The molecule has 1 N–H and O–H groups in total. The number of halogens is 3. The van der Waals surface area contributed by atoms with Crippen LogP contribution in [0.3, 0.4) is 0 Å². The van der Waals surface area contributed by atoms with Crippen molar-refractivity contribution >= 4 is 39.8 Å². The zero-order chi connectivity index (χ0) is 27.3. The fraction of sp³-hybridized carbons (Fsp3) is 0.167. The van der Waals surface area contributed by atoms with Gasteiger partial charge in [0, 0.05) is 41.7 Å². The van der Waals surface area contributed by atoms with Gasteiger partial charge in [0.15, 0.2) is 16.1 Å². The molecule has 1 amide bonds. The number of rotatable bonds is 10. The van der Waals surface area contributed by atoms with Gasteiger partial charge in [-0.25, -0.2) is 4.98 Å². The summed E-state index contributed by atoms with van der Waals surface area (Å²) in [6.07, 6.45) is -1.04. The average molecular weight is 561 g/mol. The summed E-state index contributed by atoms with van der Waals surface area (Å²) < 4.78 is 40.5. The number of hydrogen-bond acceptors (Lipinski definition) is 8. The molecule has 9 nitrogen and oxygen atoms in total. The van der Waals surface area contributed by atoms with E-state index in [4.69, 9.17) is 0 Å². The van der Waals surface area contributed by atoms with Gasteiger partial charge in [0.05, 0.1) is 16.2 Å². The first-order chi connectivity index (χ1) is 18.1. The van der Waals surface area contributed by atoms with E-state index in [1.807, 2.05) is 0 Å². The highest BCUT2D eigenvalue weighted by Gasteiger charge is 2.30. The van der Waals surface area contributed by atoms with Crippen molar-refractivity contribution in [3.05, 3.63) is 93.5 Å². The molecular weight excluding hydrogens is 541 g/mol. The van der Waals surface area contributed by atoms with E-state index in [0.717, 1.165) is 23.9 Å². The highest BCUT2D eigenvalue weighted by atomic mass is 32.2. The molecule has 14 heteroatoms. The van der Waals surface area contributed by atoms with E-state index in [1.54, 1.807) is 28.8 Å². The fourth-order valence-electron chi connectivity index (χ4n) is 3.45. The lowest BCUT2D eigenvalue weighted by molar-refractivity contribution is -0.384. The number of allylic oxidation sites excluding steroid dienone is 1. The maximum absolute atomic E-state index is 13.0. The standard InChI is InChI=1S/C24H19F3N6O3S2/c1-2-9-32-21(16-6-4-8-18(12-16)33(35)36)30-31-23(32)37-14-20(34)29-22-28-13-19(38-22)11-15-5-3-7-17(10-15)24(25,26)27/h2-8,10,12-13H,1,9,11,14H2,(H,28,29,34). The number of carbonyl (C=O) groups is 1. The summed E-state index contributed by atoms with van der Waals surface area (Å²) in [6, 6.07) is 11.1. The number of alkyl halides is 3. The minimum Gasteiger partial charge on any atom is -0.301 e. The third kappa shape index (κ3) is 6.63. The quantitative estimate of drug-likeness (QED) is 0.112. The summed E-state index contributed by atoms with van der Waals surface area (Å²) in [6.45, 7) is 4.04. The molecule has 0 saturated heterocycles. The van der Waals surface area contributed by atoms with Crippen LogP contribution in [0.25, 0.3) is 11.4 Å².